The maximum atomic E-state index is 11.5. The number of nitrogens with two attached hydrogens (primary N) is 1. The van der Waals surface area contributed by atoms with Crippen molar-refractivity contribution in [1.29, 1.82) is 0 Å². The van der Waals surface area contributed by atoms with Crippen molar-refractivity contribution in [2.75, 3.05) is 25.5 Å². The van der Waals surface area contributed by atoms with Crippen molar-refractivity contribution in [3.05, 3.63) is 17.8 Å². The van der Waals surface area contributed by atoms with Gasteiger partial charge in [0.05, 0.1) is 0 Å². The molecule has 0 saturated heterocycles. The normalized spacial score (nSPS) is 9.47. The number of primary amides is 1. The zero-order valence-corrected chi connectivity index (χ0v) is 9.36. The zero-order valence-electron chi connectivity index (χ0n) is 9.36. The van der Waals surface area contributed by atoms with Crippen LogP contribution in [-0.2, 0) is 0 Å². The molecule has 3 amide bonds. The molecular formula is C9H14N6O2. The summed E-state index contributed by atoms with van der Waals surface area (Å²) in [5, 5.41) is 15.2. The van der Waals surface area contributed by atoms with Gasteiger partial charge < -0.3 is 21.7 Å². The predicted molar refractivity (Wildman–Crippen MR) is 61.5 cm³/mol. The standard InChI is InChI=1S/C9H14N6O2/c1-11-7-3-2-6(14-15-7)8(16)12-4-5-13-9(10)17/h2-3H,4-5H2,1H3,(H,11,15)(H,12,16)(H3,10,13,17). The Morgan fingerprint density at radius 1 is 1.24 bits per heavy atom. The molecule has 0 aliphatic carbocycles. The molecule has 1 aromatic rings. The average molecular weight is 238 g/mol. The maximum Gasteiger partial charge on any atom is 0.312 e. The van der Waals surface area contributed by atoms with Crippen molar-refractivity contribution in [2.45, 2.75) is 0 Å². The van der Waals surface area contributed by atoms with Crippen molar-refractivity contribution in [3.8, 4) is 0 Å². The minimum absolute atomic E-state index is 0.211. The molecule has 0 saturated carbocycles. The number of carbonyl (C=O) groups excluding carboxylic acids is 2. The third kappa shape index (κ3) is 4.33. The van der Waals surface area contributed by atoms with Gasteiger partial charge in [0.2, 0.25) is 0 Å². The number of aromatic nitrogens is 2. The Hall–Kier alpha value is -2.38. The monoisotopic (exact) mass is 238 g/mol. The summed E-state index contributed by atoms with van der Waals surface area (Å²) in [7, 11) is 1.71. The Balaban J connectivity index is 2.38. The fraction of sp³-hybridized carbons (Fsp3) is 0.333. The molecule has 0 fully saturated rings. The molecule has 8 nitrogen and oxygen atoms in total. The summed E-state index contributed by atoms with van der Waals surface area (Å²) in [4.78, 5) is 21.9. The van der Waals surface area contributed by atoms with Crippen molar-refractivity contribution in [2.24, 2.45) is 5.73 Å². The number of hydrogen-bond donors (Lipinski definition) is 4. The lowest BCUT2D eigenvalue weighted by Crippen LogP contribution is -2.37. The highest BCUT2D eigenvalue weighted by Crippen LogP contribution is 1.99. The molecule has 8 heteroatoms. The Labute approximate surface area is 98.0 Å². The molecule has 17 heavy (non-hydrogen) atoms. The first-order valence-corrected chi connectivity index (χ1v) is 4.96. The van der Waals surface area contributed by atoms with Gasteiger partial charge in [-0.1, -0.05) is 0 Å². The SMILES string of the molecule is CNc1ccc(C(=O)NCCNC(N)=O)nn1. The molecule has 92 valence electrons. The zero-order chi connectivity index (χ0) is 12.7. The smallest absolute Gasteiger partial charge is 0.312 e. The van der Waals surface area contributed by atoms with E-state index in [1.807, 2.05) is 0 Å². The quantitative estimate of drug-likeness (QED) is 0.486. The second kappa shape index (κ2) is 6.26. The lowest BCUT2D eigenvalue weighted by atomic mass is 10.3. The highest BCUT2D eigenvalue weighted by atomic mass is 16.2. The first kappa shape index (κ1) is 12.7. The molecule has 0 aliphatic rings. The van der Waals surface area contributed by atoms with E-state index in [9.17, 15) is 9.59 Å². The molecular weight excluding hydrogens is 224 g/mol. The van der Waals surface area contributed by atoms with Gasteiger partial charge >= 0.3 is 6.03 Å². The van der Waals surface area contributed by atoms with E-state index >= 15 is 0 Å². The third-order valence-corrected chi connectivity index (χ3v) is 1.86. The molecule has 0 radical (unpaired) electrons. The highest BCUT2D eigenvalue weighted by Gasteiger charge is 2.06. The topological polar surface area (TPSA) is 122 Å². The number of amides is 3. The molecule has 1 rings (SSSR count). The molecule has 1 aromatic heterocycles. The maximum absolute atomic E-state index is 11.5. The van der Waals surface area contributed by atoms with Crippen molar-refractivity contribution in [1.82, 2.24) is 20.8 Å². The molecule has 0 atom stereocenters. The third-order valence-electron chi connectivity index (χ3n) is 1.86. The van der Waals surface area contributed by atoms with Gasteiger partial charge in [-0.2, -0.15) is 0 Å². The van der Waals surface area contributed by atoms with Crippen LogP contribution in [0.4, 0.5) is 10.6 Å². The van der Waals surface area contributed by atoms with E-state index in [-0.39, 0.29) is 24.7 Å². The number of rotatable bonds is 5. The number of nitrogens with one attached hydrogen (secondary N) is 3. The number of hydrogen-bond acceptors (Lipinski definition) is 5. The van der Waals surface area contributed by atoms with Gasteiger partial charge in [-0.05, 0) is 12.1 Å². The summed E-state index contributed by atoms with van der Waals surface area (Å²) >= 11 is 0. The summed E-state index contributed by atoms with van der Waals surface area (Å²) in [6.07, 6.45) is 0. The van der Waals surface area contributed by atoms with Crippen LogP contribution in [0.15, 0.2) is 12.1 Å². The molecule has 0 bridgehead atoms. The van der Waals surface area contributed by atoms with Crippen molar-refractivity contribution < 1.29 is 9.59 Å². The molecule has 5 N–H and O–H groups in total. The Morgan fingerprint density at radius 2 is 1.94 bits per heavy atom. The lowest BCUT2D eigenvalue weighted by molar-refractivity contribution is 0.0948. The van der Waals surface area contributed by atoms with Crippen LogP contribution in [0.3, 0.4) is 0 Å². The summed E-state index contributed by atoms with van der Waals surface area (Å²) in [6.45, 7) is 0.542. The fourth-order valence-electron chi connectivity index (χ4n) is 1.04. The number of urea groups is 1. The van der Waals surface area contributed by atoms with Crippen LogP contribution >= 0.6 is 0 Å². The van der Waals surface area contributed by atoms with E-state index in [1.165, 1.54) is 0 Å². The van der Waals surface area contributed by atoms with Gasteiger partial charge in [-0.25, -0.2) is 4.79 Å². The Kier molecular flexibility index (Phi) is 4.67. The Bertz CT molecular complexity index is 391. The summed E-state index contributed by atoms with van der Waals surface area (Å²) in [5.41, 5.74) is 5.07. The van der Waals surface area contributed by atoms with Crippen LogP contribution in [0.1, 0.15) is 10.5 Å². The van der Waals surface area contributed by atoms with E-state index in [0.717, 1.165) is 0 Å². The second-order valence-electron chi connectivity index (χ2n) is 3.10. The van der Waals surface area contributed by atoms with Gasteiger partial charge in [0.15, 0.2) is 5.69 Å². The Morgan fingerprint density at radius 3 is 2.47 bits per heavy atom. The minimum Gasteiger partial charge on any atom is -0.372 e. The first-order valence-electron chi connectivity index (χ1n) is 4.96. The van der Waals surface area contributed by atoms with E-state index in [0.29, 0.717) is 5.82 Å². The van der Waals surface area contributed by atoms with Crippen molar-refractivity contribution in [3.63, 3.8) is 0 Å². The lowest BCUT2D eigenvalue weighted by Gasteiger charge is -2.04. The fourth-order valence-corrected chi connectivity index (χ4v) is 1.04. The van der Waals surface area contributed by atoms with E-state index < -0.39 is 6.03 Å². The second-order valence-corrected chi connectivity index (χ2v) is 3.10. The van der Waals surface area contributed by atoms with Crippen LogP contribution in [-0.4, -0.2) is 42.3 Å². The van der Waals surface area contributed by atoms with Crippen LogP contribution in [0.5, 0.6) is 0 Å². The number of anilines is 1. The molecule has 0 aliphatic heterocycles. The van der Waals surface area contributed by atoms with Gasteiger partial charge in [0.25, 0.3) is 5.91 Å². The summed E-state index contributed by atoms with van der Waals surface area (Å²) < 4.78 is 0. The molecule has 0 spiro atoms. The van der Waals surface area contributed by atoms with Gasteiger partial charge in [0, 0.05) is 20.1 Å². The first-order chi connectivity index (χ1) is 8.13. The summed E-state index contributed by atoms with van der Waals surface area (Å²) in [6, 6.07) is 2.57. The van der Waals surface area contributed by atoms with Gasteiger partial charge in [-0.15, -0.1) is 10.2 Å². The predicted octanol–water partition coefficient (Wildman–Crippen LogP) is -1.08. The molecule has 0 aromatic carbocycles. The van der Waals surface area contributed by atoms with Crippen LogP contribution in [0, 0.1) is 0 Å². The van der Waals surface area contributed by atoms with Gasteiger partial charge in [0.1, 0.15) is 5.82 Å². The molecule has 0 unspecified atom stereocenters. The highest BCUT2D eigenvalue weighted by molar-refractivity contribution is 5.92. The van der Waals surface area contributed by atoms with Crippen LogP contribution < -0.4 is 21.7 Å². The van der Waals surface area contributed by atoms with E-state index in [2.05, 4.69) is 26.1 Å². The minimum atomic E-state index is -0.627. The average Bonchev–Trinajstić information content (AvgIpc) is 2.34. The molecule has 1 heterocycles. The van der Waals surface area contributed by atoms with E-state index in [1.54, 1.807) is 19.2 Å². The van der Waals surface area contributed by atoms with Gasteiger partial charge in [-0.3, -0.25) is 4.79 Å². The van der Waals surface area contributed by atoms with Crippen molar-refractivity contribution >= 4 is 17.8 Å². The van der Waals surface area contributed by atoms with E-state index in [4.69, 9.17) is 5.73 Å². The largest absolute Gasteiger partial charge is 0.372 e. The number of carbonyl (C=O) groups is 2. The van der Waals surface area contributed by atoms with Crippen LogP contribution in [0.2, 0.25) is 0 Å². The number of nitrogens with zero attached hydrogens (tertiary/aromatic N) is 2. The van der Waals surface area contributed by atoms with Crippen LogP contribution in [0.25, 0.3) is 0 Å². The summed E-state index contributed by atoms with van der Waals surface area (Å²) in [5.74, 6) is 0.225.